The largest absolute Gasteiger partial charge is 0.473 e. The Labute approximate surface area is 250 Å². The molecule has 3 atom stereocenters. The average Bonchev–Trinajstić information content (AvgIpc) is 3.10. The number of nitrogens with zero attached hydrogens (tertiary/aromatic N) is 3. The zero-order valence-corrected chi connectivity index (χ0v) is 25.5. The van der Waals surface area contributed by atoms with Crippen LogP contribution in [-0.4, -0.2) is 55.6 Å². The quantitative estimate of drug-likeness (QED) is 0.315. The lowest BCUT2D eigenvalue weighted by atomic mass is 9.84. The predicted molar refractivity (Wildman–Crippen MR) is 166 cm³/mol. The molecule has 0 radical (unpaired) electrons. The van der Waals surface area contributed by atoms with Crippen LogP contribution < -0.4 is 10.1 Å². The van der Waals surface area contributed by atoms with E-state index >= 15 is 0 Å². The smallest absolute Gasteiger partial charge is 0.226 e. The van der Waals surface area contributed by atoms with Gasteiger partial charge in [0.05, 0.1) is 5.69 Å². The van der Waals surface area contributed by atoms with Crippen molar-refractivity contribution >= 4 is 5.95 Å². The summed E-state index contributed by atoms with van der Waals surface area (Å²) < 4.78 is 6.88. The van der Waals surface area contributed by atoms with Crippen molar-refractivity contribution in [3.63, 3.8) is 0 Å². The van der Waals surface area contributed by atoms with Gasteiger partial charge in [-0.25, -0.2) is 4.98 Å². The highest BCUT2D eigenvalue weighted by Gasteiger charge is 2.40. The van der Waals surface area contributed by atoms with Crippen LogP contribution >= 0.6 is 0 Å². The van der Waals surface area contributed by atoms with Crippen molar-refractivity contribution in [2.24, 2.45) is 5.92 Å². The molecule has 6 bridgehead atoms. The number of likely N-dealkylation sites (tertiary alicyclic amines) is 1. The Bertz CT molecular complexity index is 1380. The number of fused-ring (bicyclic) bond motifs is 7. The van der Waals surface area contributed by atoms with Gasteiger partial charge in [0.1, 0.15) is 6.10 Å². The molecule has 6 rings (SSSR count). The van der Waals surface area contributed by atoms with Crippen LogP contribution in [0.2, 0.25) is 0 Å². The van der Waals surface area contributed by atoms with Crippen LogP contribution in [0.5, 0.6) is 5.88 Å². The molecule has 42 heavy (non-hydrogen) atoms. The molecule has 0 spiro atoms. The second-order valence-electron chi connectivity index (χ2n) is 13.4. The minimum atomic E-state index is -1.54. The second kappa shape index (κ2) is 11.9. The number of nitrogens with one attached hydrogen (secondary N) is 1. The molecule has 2 aliphatic heterocycles. The number of hydrogen-bond donors (Lipinski definition) is 3. The normalized spacial score (nSPS) is 24.6. The van der Waals surface area contributed by atoms with Gasteiger partial charge in [0.25, 0.3) is 0 Å². The van der Waals surface area contributed by atoms with Crippen LogP contribution in [0.4, 0.5) is 5.95 Å². The standard InChI is InChI=1S/C35H46N4O3/c1-22(2)15-29-17-27-18-30(21-39(29)28-11-13-35(40,41)14-12-28)42-32-19-31(33-23(3)7-5-8-24(33)4)37-34(38-32)36-20-25-9-6-10-26(27)16-25/h5-10,16,19,22,27-30,40-41H,11-15,17-18,20-21H2,1-4H3,(H,36,37,38)/t27?,29-,30-/m0/s1. The Balaban J connectivity index is 1.41. The zero-order chi connectivity index (χ0) is 29.4. The molecule has 1 saturated heterocycles. The van der Waals surface area contributed by atoms with Crippen LogP contribution in [0, 0.1) is 19.8 Å². The Hall–Kier alpha value is -3.00. The van der Waals surface area contributed by atoms with Crippen molar-refractivity contribution in [1.29, 1.82) is 0 Å². The van der Waals surface area contributed by atoms with Crippen molar-refractivity contribution in [1.82, 2.24) is 14.9 Å². The number of ether oxygens (including phenoxy) is 1. The van der Waals surface area contributed by atoms with E-state index in [-0.39, 0.29) is 6.10 Å². The van der Waals surface area contributed by atoms with Gasteiger partial charge in [-0.05, 0) is 80.0 Å². The van der Waals surface area contributed by atoms with E-state index in [0.717, 1.165) is 49.9 Å². The number of aliphatic hydroxyl groups is 2. The van der Waals surface area contributed by atoms with E-state index in [1.54, 1.807) is 0 Å². The fourth-order valence-corrected chi connectivity index (χ4v) is 7.53. The SMILES string of the molecule is Cc1cccc(C)c1-c1cc2nc(n1)NCc1cccc(c1)C1C[C@@H](CN(C3CCC(O)(O)CC3)[C@@H](CC(C)C)C1)O2. The van der Waals surface area contributed by atoms with Gasteiger partial charge < -0.3 is 20.3 Å². The van der Waals surface area contributed by atoms with Crippen molar-refractivity contribution in [2.45, 2.75) is 109 Å². The van der Waals surface area contributed by atoms with Gasteiger partial charge in [-0.15, -0.1) is 0 Å². The molecule has 3 aromatic rings. The molecular formula is C35H46N4O3. The summed E-state index contributed by atoms with van der Waals surface area (Å²) >= 11 is 0. The lowest BCUT2D eigenvalue weighted by Crippen LogP contribution is -2.50. The fraction of sp³-hybridized carbons (Fsp3) is 0.543. The molecule has 1 aromatic heterocycles. The van der Waals surface area contributed by atoms with Gasteiger partial charge in [0.2, 0.25) is 11.8 Å². The van der Waals surface area contributed by atoms with Crippen LogP contribution in [0.25, 0.3) is 11.3 Å². The third-order valence-corrected chi connectivity index (χ3v) is 9.56. The number of benzene rings is 2. The molecule has 1 saturated carbocycles. The topological polar surface area (TPSA) is 90.7 Å². The highest BCUT2D eigenvalue weighted by molar-refractivity contribution is 5.69. The molecule has 3 aliphatic rings. The van der Waals surface area contributed by atoms with Gasteiger partial charge in [0.15, 0.2) is 5.79 Å². The summed E-state index contributed by atoms with van der Waals surface area (Å²) in [6.45, 7) is 10.3. The molecule has 7 nitrogen and oxygen atoms in total. The van der Waals surface area contributed by atoms with Crippen molar-refractivity contribution < 1.29 is 14.9 Å². The summed E-state index contributed by atoms with van der Waals surface area (Å²) in [5, 5.41) is 24.1. The number of anilines is 1. The van der Waals surface area contributed by atoms with Crippen molar-refractivity contribution in [2.75, 3.05) is 11.9 Å². The summed E-state index contributed by atoms with van der Waals surface area (Å²) in [5.74, 6) is 0.564. The summed E-state index contributed by atoms with van der Waals surface area (Å²) in [4.78, 5) is 12.5. The molecule has 2 fully saturated rings. The lowest BCUT2D eigenvalue weighted by Gasteiger charge is -2.43. The molecule has 0 amide bonds. The molecule has 1 aliphatic carbocycles. The first-order valence-electron chi connectivity index (χ1n) is 15.8. The second-order valence-corrected chi connectivity index (χ2v) is 13.4. The molecule has 1 unspecified atom stereocenters. The maximum atomic E-state index is 10.3. The van der Waals surface area contributed by atoms with Crippen LogP contribution in [-0.2, 0) is 6.54 Å². The monoisotopic (exact) mass is 570 g/mol. The van der Waals surface area contributed by atoms with Crippen LogP contribution in [0.15, 0.2) is 48.5 Å². The fourth-order valence-electron chi connectivity index (χ4n) is 7.53. The number of aromatic nitrogens is 2. The van der Waals surface area contributed by atoms with Crippen molar-refractivity contribution in [3.05, 3.63) is 70.8 Å². The minimum absolute atomic E-state index is 0.0567. The number of rotatable bonds is 4. The van der Waals surface area contributed by atoms with Gasteiger partial charge in [-0.2, -0.15) is 4.98 Å². The third kappa shape index (κ3) is 6.48. The van der Waals surface area contributed by atoms with Gasteiger partial charge in [-0.1, -0.05) is 56.3 Å². The molecular weight excluding hydrogens is 524 g/mol. The summed E-state index contributed by atoms with van der Waals surface area (Å²) in [6.07, 6.45) is 5.44. The lowest BCUT2D eigenvalue weighted by molar-refractivity contribution is -0.189. The molecule has 224 valence electrons. The maximum absolute atomic E-state index is 10.3. The Morgan fingerprint density at radius 1 is 1.00 bits per heavy atom. The molecule has 3 heterocycles. The molecule has 3 N–H and O–H groups in total. The highest BCUT2D eigenvalue weighted by Crippen LogP contribution is 2.40. The van der Waals surface area contributed by atoms with E-state index in [1.807, 2.05) is 6.07 Å². The van der Waals surface area contributed by atoms with E-state index in [2.05, 4.69) is 80.4 Å². The highest BCUT2D eigenvalue weighted by atomic mass is 16.5. The molecule has 7 heteroatoms. The predicted octanol–water partition coefficient (Wildman–Crippen LogP) is 6.35. The van der Waals surface area contributed by atoms with E-state index in [4.69, 9.17) is 14.7 Å². The Kier molecular flexibility index (Phi) is 8.27. The van der Waals surface area contributed by atoms with E-state index in [0.29, 0.717) is 55.1 Å². The maximum Gasteiger partial charge on any atom is 0.226 e. The first-order chi connectivity index (χ1) is 20.1. The van der Waals surface area contributed by atoms with Gasteiger partial charge in [0, 0.05) is 49.6 Å². The third-order valence-electron chi connectivity index (χ3n) is 9.56. The van der Waals surface area contributed by atoms with Crippen LogP contribution in [0.3, 0.4) is 0 Å². The van der Waals surface area contributed by atoms with E-state index in [9.17, 15) is 10.2 Å². The summed E-state index contributed by atoms with van der Waals surface area (Å²) in [5.41, 5.74) is 6.95. The summed E-state index contributed by atoms with van der Waals surface area (Å²) in [6, 6.07) is 18.0. The van der Waals surface area contributed by atoms with E-state index < -0.39 is 5.79 Å². The minimum Gasteiger partial charge on any atom is -0.473 e. The van der Waals surface area contributed by atoms with Crippen LogP contribution in [0.1, 0.15) is 87.0 Å². The number of aryl methyl sites for hydroxylation is 2. The van der Waals surface area contributed by atoms with E-state index in [1.165, 1.54) is 22.3 Å². The first kappa shape index (κ1) is 29.1. The Morgan fingerprint density at radius 3 is 2.48 bits per heavy atom. The van der Waals surface area contributed by atoms with Gasteiger partial charge >= 0.3 is 0 Å². The molecule has 2 aromatic carbocycles. The average molecular weight is 571 g/mol. The van der Waals surface area contributed by atoms with Gasteiger partial charge in [-0.3, -0.25) is 4.90 Å². The first-order valence-corrected chi connectivity index (χ1v) is 15.8. The van der Waals surface area contributed by atoms with Crippen molar-refractivity contribution in [3.8, 4) is 17.1 Å². The Morgan fingerprint density at radius 2 is 1.74 bits per heavy atom. The summed E-state index contributed by atoms with van der Waals surface area (Å²) in [7, 11) is 0. The number of hydrogen-bond acceptors (Lipinski definition) is 7. The zero-order valence-electron chi connectivity index (χ0n) is 25.5.